The number of hydrogen-bond acceptors (Lipinski definition) is 6. The predicted octanol–water partition coefficient (Wildman–Crippen LogP) is 4.92. The summed E-state index contributed by atoms with van der Waals surface area (Å²) < 4.78 is 24.5. The second-order valence-electron chi connectivity index (χ2n) is 12.2. The molecule has 0 radical (unpaired) electrons. The average molecular weight is 620 g/mol. The van der Waals surface area contributed by atoms with Crippen LogP contribution in [0.15, 0.2) is 83.8 Å². The number of rotatable bonds is 9. The molecule has 1 aromatic heterocycles. The number of pyridine rings is 1. The second kappa shape index (κ2) is 11.9. The first-order valence-electron chi connectivity index (χ1n) is 15.4. The van der Waals surface area contributed by atoms with Crippen LogP contribution in [0.4, 0.5) is 10.1 Å². The van der Waals surface area contributed by atoms with E-state index in [1.54, 1.807) is 15.7 Å². The summed E-state index contributed by atoms with van der Waals surface area (Å²) in [5, 5.41) is 4.74. The van der Waals surface area contributed by atoms with E-state index in [1.165, 1.54) is 6.07 Å². The molecule has 10 heteroatoms. The maximum absolute atomic E-state index is 16.2. The first-order chi connectivity index (χ1) is 22.3. The number of aromatic nitrogens is 1. The van der Waals surface area contributed by atoms with Crippen LogP contribution in [0.5, 0.6) is 11.5 Å². The molecule has 0 aliphatic carbocycles. The van der Waals surface area contributed by atoms with Gasteiger partial charge in [-0.2, -0.15) is 0 Å². The maximum atomic E-state index is 16.2. The minimum atomic E-state index is -0.625. The molecule has 0 bridgehead atoms. The molecule has 1 atom stereocenters. The first-order valence-corrected chi connectivity index (χ1v) is 15.4. The van der Waals surface area contributed by atoms with Gasteiger partial charge in [-0.15, -0.1) is 0 Å². The second-order valence-corrected chi connectivity index (χ2v) is 12.2. The van der Waals surface area contributed by atoms with E-state index in [2.05, 4.69) is 5.32 Å². The van der Waals surface area contributed by atoms with E-state index in [9.17, 15) is 14.4 Å². The fourth-order valence-electron chi connectivity index (χ4n) is 6.48. The molecular weight excluding hydrogens is 585 g/mol. The Bertz CT molecular complexity index is 2040. The third-order valence-electron chi connectivity index (χ3n) is 8.83. The van der Waals surface area contributed by atoms with Crippen LogP contribution in [0.25, 0.3) is 27.4 Å². The number of halogens is 1. The van der Waals surface area contributed by atoms with Gasteiger partial charge >= 0.3 is 0 Å². The Morgan fingerprint density at radius 2 is 1.78 bits per heavy atom. The van der Waals surface area contributed by atoms with Gasteiger partial charge in [0, 0.05) is 45.0 Å². The third kappa shape index (κ3) is 5.24. The Labute approximate surface area is 265 Å². The smallest absolute Gasteiger partial charge is 0.259 e. The van der Waals surface area contributed by atoms with E-state index in [4.69, 9.17) is 4.74 Å². The summed E-state index contributed by atoms with van der Waals surface area (Å²) >= 11 is 0. The SMILES string of the molecule is CN(C)CCN(Cc1ccccc1)C(=O)c1cn2c3c(c(N4CCC(NC=O)C4)c(F)cc3c1=O)Oc1cc3ccccc3cc1-2. The van der Waals surface area contributed by atoms with Crippen molar-refractivity contribution in [2.24, 2.45) is 0 Å². The van der Waals surface area contributed by atoms with Crippen molar-refractivity contribution in [2.75, 3.05) is 45.2 Å². The van der Waals surface area contributed by atoms with Gasteiger partial charge in [-0.1, -0.05) is 54.6 Å². The Hall–Kier alpha value is -5.22. The highest BCUT2D eigenvalue weighted by Crippen LogP contribution is 2.48. The number of nitrogens with one attached hydrogen (secondary N) is 1. The van der Waals surface area contributed by atoms with Crippen molar-refractivity contribution in [1.82, 2.24) is 19.7 Å². The summed E-state index contributed by atoms with van der Waals surface area (Å²) in [5.74, 6) is -0.352. The number of anilines is 1. The normalized spacial score (nSPS) is 15.2. The van der Waals surface area contributed by atoms with E-state index in [-0.39, 0.29) is 28.4 Å². The van der Waals surface area contributed by atoms with Gasteiger partial charge in [0.05, 0.1) is 11.1 Å². The average Bonchev–Trinajstić information content (AvgIpc) is 3.51. The van der Waals surface area contributed by atoms with Crippen molar-refractivity contribution in [3.63, 3.8) is 0 Å². The van der Waals surface area contributed by atoms with Gasteiger partial charge in [-0.3, -0.25) is 14.4 Å². The molecule has 0 saturated carbocycles. The van der Waals surface area contributed by atoms with Crippen LogP contribution in [0, 0.1) is 5.82 Å². The largest absolute Gasteiger partial charge is 0.451 e. The van der Waals surface area contributed by atoms with Gasteiger partial charge in [0.2, 0.25) is 11.8 Å². The molecule has 2 amide bonds. The van der Waals surface area contributed by atoms with E-state index >= 15 is 4.39 Å². The lowest BCUT2D eigenvalue weighted by Crippen LogP contribution is -2.38. The van der Waals surface area contributed by atoms with Gasteiger partial charge in [0.25, 0.3) is 5.91 Å². The van der Waals surface area contributed by atoms with Gasteiger partial charge < -0.3 is 29.3 Å². The van der Waals surface area contributed by atoms with Crippen LogP contribution < -0.4 is 20.4 Å². The lowest BCUT2D eigenvalue weighted by Gasteiger charge is -2.30. The highest BCUT2D eigenvalue weighted by Gasteiger charge is 2.34. The molecule has 234 valence electrons. The third-order valence-corrected chi connectivity index (χ3v) is 8.83. The fraction of sp³-hybridized carbons (Fsp3) is 0.250. The summed E-state index contributed by atoms with van der Waals surface area (Å²) in [7, 11) is 3.86. The van der Waals surface area contributed by atoms with Crippen molar-refractivity contribution in [2.45, 2.75) is 19.0 Å². The summed E-state index contributed by atoms with van der Waals surface area (Å²) in [4.78, 5) is 45.1. The summed E-state index contributed by atoms with van der Waals surface area (Å²) in [6.07, 6.45) is 2.88. The molecule has 1 unspecified atom stereocenters. The molecule has 46 heavy (non-hydrogen) atoms. The van der Waals surface area contributed by atoms with Gasteiger partial charge in [0.15, 0.2) is 17.3 Å². The van der Waals surface area contributed by atoms with Crippen molar-refractivity contribution >= 4 is 39.7 Å². The molecule has 1 fully saturated rings. The highest BCUT2D eigenvalue weighted by atomic mass is 19.1. The Balaban J connectivity index is 1.43. The Morgan fingerprint density at radius 1 is 1.04 bits per heavy atom. The molecule has 1 saturated heterocycles. The number of ether oxygens (including phenoxy) is 1. The lowest BCUT2D eigenvalue weighted by molar-refractivity contribution is -0.110. The number of carbonyl (C=O) groups is 2. The van der Waals surface area contributed by atoms with Gasteiger partial charge in [0.1, 0.15) is 16.8 Å². The van der Waals surface area contributed by atoms with Crippen molar-refractivity contribution < 1.29 is 18.7 Å². The number of likely N-dealkylation sites (N-methyl/N-ethyl adjacent to an activating group) is 1. The van der Waals surface area contributed by atoms with Crippen LogP contribution in [-0.2, 0) is 11.3 Å². The number of benzene rings is 4. The number of hydrogen-bond donors (Lipinski definition) is 1. The molecular formula is C36H34FN5O4. The van der Waals surface area contributed by atoms with E-state index in [0.717, 1.165) is 16.3 Å². The van der Waals surface area contributed by atoms with Crippen LogP contribution in [-0.4, -0.2) is 73.0 Å². The molecule has 4 aromatic carbocycles. The maximum Gasteiger partial charge on any atom is 0.259 e. The number of carbonyl (C=O) groups excluding carboxylic acids is 2. The molecule has 5 aromatic rings. The predicted molar refractivity (Wildman–Crippen MR) is 177 cm³/mol. The van der Waals surface area contributed by atoms with Crippen molar-refractivity contribution in [3.8, 4) is 17.2 Å². The van der Waals surface area contributed by atoms with Crippen LogP contribution in [0.1, 0.15) is 22.3 Å². The monoisotopic (exact) mass is 619 g/mol. The molecule has 2 aliphatic heterocycles. The molecule has 9 nitrogen and oxygen atoms in total. The summed E-state index contributed by atoms with van der Waals surface area (Å²) in [6, 6.07) is 22.4. The molecule has 3 heterocycles. The molecule has 0 spiro atoms. The molecule has 1 N–H and O–H groups in total. The first kappa shape index (κ1) is 29.5. The van der Waals surface area contributed by atoms with Crippen molar-refractivity contribution in [1.29, 1.82) is 0 Å². The summed E-state index contributed by atoms with van der Waals surface area (Å²) in [5.41, 5.74) is 1.61. The zero-order valence-corrected chi connectivity index (χ0v) is 25.7. The van der Waals surface area contributed by atoms with Gasteiger partial charge in [-0.05, 0) is 55.1 Å². The topological polar surface area (TPSA) is 87.1 Å². The van der Waals surface area contributed by atoms with Gasteiger partial charge in [-0.25, -0.2) is 4.39 Å². The standard InChI is InChI=1S/C36H34FN5O4/c1-39(2)14-15-41(19-23-8-4-3-5-9-23)36(45)28-21-42-30-16-24-10-6-7-11-25(24)17-31(30)46-35-32(42)27(34(28)44)18-29(37)33(35)40-13-12-26(20-40)38-22-43/h3-11,16-18,21-22,26H,12-15,19-20H2,1-2H3,(H,38,43). The number of nitrogens with zero attached hydrogens (tertiary/aromatic N) is 4. The van der Waals surface area contributed by atoms with Crippen molar-refractivity contribution in [3.05, 3.63) is 106 Å². The van der Waals surface area contributed by atoms with Crippen LogP contribution in [0.3, 0.4) is 0 Å². The van der Waals surface area contributed by atoms with E-state index in [0.29, 0.717) is 62.5 Å². The Kier molecular flexibility index (Phi) is 7.66. The Morgan fingerprint density at radius 3 is 2.52 bits per heavy atom. The minimum Gasteiger partial charge on any atom is -0.451 e. The van der Waals surface area contributed by atoms with Crippen LogP contribution >= 0.6 is 0 Å². The molecule has 2 aliphatic rings. The number of fused-ring (bicyclic) bond motifs is 3. The molecule has 7 rings (SSSR count). The minimum absolute atomic E-state index is 0.0438. The number of amides is 2. The van der Waals surface area contributed by atoms with E-state index in [1.807, 2.05) is 90.6 Å². The quantitative estimate of drug-likeness (QED) is 0.232. The highest BCUT2D eigenvalue weighted by molar-refractivity contribution is 6.02. The van der Waals surface area contributed by atoms with Crippen LogP contribution in [0.2, 0.25) is 0 Å². The van der Waals surface area contributed by atoms with E-state index < -0.39 is 17.2 Å². The zero-order valence-electron chi connectivity index (χ0n) is 25.7. The summed E-state index contributed by atoms with van der Waals surface area (Å²) in [6.45, 7) is 2.20. The zero-order chi connectivity index (χ0) is 31.9. The fourth-order valence-corrected chi connectivity index (χ4v) is 6.48. The lowest BCUT2D eigenvalue weighted by atomic mass is 10.0.